The molecule has 0 aliphatic heterocycles. The molecule has 0 saturated heterocycles. The molecule has 0 amide bonds. The van der Waals surface area contributed by atoms with E-state index in [9.17, 15) is 12.9 Å². The van der Waals surface area contributed by atoms with Crippen molar-refractivity contribution in [3.8, 4) is 5.75 Å². The van der Waals surface area contributed by atoms with Crippen molar-refractivity contribution in [3.63, 3.8) is 0 Å². The van der Waals surface area contributed by atoms with Crippen molar-refractivity contribution in [1.82, 2.24) is 4.98 Å². The van der Waals surface area contributed by atoms with Gasteiger partial charge in [0.2, 0.25) is 0 Å². The van der Waals surface area contributed by atoms with Crippen molar-refractivity contribution in [2.75, 3.05) is 7.11 Å². The van der Waals surface area contributed by atoms with Crippen LogP contribution in [-0.2, 0) is 6.32 Å². The maximum Gasteiger partial charge on any atom is 1.00 e. The van der Waals surface area contributed by atoms with E-state index in [1.165, 1.54) is 25.4 Å². The Kier molecular flexibility index (Phi) is 6.31. The maximum atomic E-state index is 12.0. The predicted octanol–water partition coefficient (Wildman–Crippen LogP) is -0.977. The minimum atomic E-state index is -4.82. The van der Waals surface area contributed by atoms with E-state index in [2.05, 4.69) is 4.98 Å². The third kappa shape index (κ3) is 5.35. The fourth-order valence-corrected chi connectivity index (χ4v) is 0.932. The van der Waals surface area contributed by atoms with E-state index in [1.807, 2.05) is 0 Å². The number of pyridine rings is 1. The first-order chi connectivity index (χ1) is 6.01. The van der Waals surface area contributed by atoms with Crippen LogP contribution in [0.15, 0.2) is 18.3 Å². The van der Waals surface area contributed by atoms with E-state index >= 15 is 0 Å². The number of halogens is 3. The quantitative estimate of drug-likeness (QED) is 0.622. The van der Waals surface area contributed by atoms with Gasteiger partial charge in [0.05, 0.1) is 7.11 Å². The Morgan fingerprint density at radius 2 is 2.07 bits per heavy atom. The first kappa shape index (κ1) is 14.4. The van der Waals surface area contributed by atoms with Gasteiger partial charge in [-0.1, -0.05) is 0 Å². The number of methoxy groups -OCH3 is 1. The average molecular weight is 229 g/mol. The zero-order valence-corrected chi connectivity index (χ0v) is 11.1. The van der Waals surface area contributed by atoms with Crippen LogP contribution in [0.5, 0.6) is 5.75 Å². The van der Waals surface area contributed by atoms with Crippen LogP contribution >= 0.6 is 0 Å². The molecule has 1 aromatic rings. The molecule has 0 unspecified atom stereocenters. The number of aromatic nitrogens is 1. The molecule has 0 aromatic carbocycles. The van der Waals surface area contributed by atoms with Gasteiger partial charge in [-0.25, -0.2) is 0 Å². The topological polar surface area (TPSA) is 22.1 Å². The van der Waals surface area contributed by atoms with Crippen LogP contribution in [-0.4, -0.2) is 19.1 Å². The van der Waals surface area contributed by atoms with Gasteiger partial charge in [0, 0.05) is 11.9 Å². The van der Waals surface area contributed by atoms with Gasteiger partial charge in [-0.05, 0) is 18.5 Å². The van der Waals surface area contributed by atoms with Gasteiger partial charge in [0.1, 0.15) is 5.75 Å². The predicted molar refractivity (Wildman–Crippen MR) is 43.6 cm³/mol. The van der Waals surface area contributed by atoms with Crippen molar-refractivity contribution in [2.24, 2.45) is 0 Å². The summed E-state index contributed by atoms with van der Waals surface area (Å²) in [6.45, 7) is -4.82. The largest absolute Gasteiger partial charge is 1.00 e. The maximum absolute atomic E-state index is 12.0. The van der Waals surface area contributed by atoms with Crippen LogP contribution in [0.25, 0.3) is 0 Å². The van der Waals surface area contributed by atoms with Crippen LogP contribution in [0.3, 0.4) is 0 Å². The standard InChI is InChI=1S/C7H8BF3NO.K/c1-13-7-2-3-12-6(4-7)5-8(9,10)11;/h2-4H,5H2,1H3;/q-1;+1. The van der Waals surface area contributed by atoms with Crippen molar-refractivity contribution in [2.45, 2.75) is 6.32 Å². The number of hydrogen-bond donors (Lipinski definition) is 0. The number of ether oxygens (including phenoxy) is 1. The van der Waals surface area contributed by atoms with Gasteiger partial charge in [-0.15, -0.1) is 0 Å². The Bertz CT molecular complexity index is 295. The van der Waals surface area contributed by atoms with E-state index in [1.54, 1.807) is 0 Å². The van der Waals surface area contributed by atoms with E-state index in [0.29, 0.717) is 5.75 Å². The van der Waals surface area contributed by atoms with Crippen molar-refractivity contribution in [3.05, 3.63) is 24.0 Å². The minimum Gasteiger partial charge on any atom is -0.497 e. The minimum absolute atomic E-state index is 0. The smallest absolute Gasteiger partial charge is 0.497 e. The zero-order valence-electron chi connectivity index (χ0n) is 8.01. The summed E-state index contributed by atoms with van der Waals surface area (Å²) in [5, 5.41) is 0. The molecule has 0 bridgehead atoms. The van der Waals surface area contributed by atoms with E-state index in [0.717, 1.165) is 0 Å². The summed E-state index contributed by atoms with van der Waals surface area (Å²) in [6.07, 6.45) is 0.340. The molecule has 72 valence electrons. The molecule has 7 heteroatoms. The zero-order chi connectivity index (χ0) is 9.90. The Labute approximate surface area is 123 Å². The van der Waals surface area contributed by atoms with E-state index in [4.69, 9.17) is 4.74 Å². The molecular formula is C7H8BF3KNO. The van der Waals surface area contributed by atoms with E-state index < -0.39 is 13.3 Å². The molecule has 0 saturated carbocycles. The first-order valence-corrected chi connectivity index (χ1v) is 3.71. The molecule has 0 N–H and O–H groups in total. The molecule has 0 spiro atoms. The summed E-state index contributed by atoms with van der Waals surface area (Å²) in [5.41, 5.74) is -0.00755. The second-order valence-electron chi connectivity index (χ2n) is 2.60. The Hall–Kier alpha value is 0.441. The summed E-state index contributed by atoms with van der Waals surface area (Å²) in [7, 11) is 1.40. The Morgan fingerprint density at radius 3 is 2.57 bits per heavy atom. The van der Waals surface area contributed by atoms with Gasteiger partial charge in [0.25, 0.3) is 0 Å². The van der Waals surface area contributed by atoms with Gasteiger partial charge in [-0.2, -0.15) is 0 Å². The molecule has 1 rings (SSSR count). The van der Waals surface area contributed by atoms with Crippen molar-refractivity contribution in [1.29, 1.82) is 0 Å². The molecule has 0 aliphatic rings. The summed E-state index contributed by atoms with van der Waals surface area (Å²) in [6, 6.07) is 2.79. The molecular weight excluding hydrogens is 221 g/mol. The molecule has 1 heterocycles. The molecule has 2 nitrogen and oxygen atoms in total. The van der Waals surface area contributed by atoms with Gasteiger partial charge in [-0.3, -0.25) is 4.98 Å². The van der Waals surface area contributed by atoms with Crippen molar-refractivity contribution < 1.29 is 69.1 Å². The Morgan fingerprint density at radius 1 is 1.43 bits per heavy atom. The van der Waals surface area contributed by atoms with Crippen LogP contribution in [0, 0.1) is 0 Å². The van der Waals surface area contributed by atoms with Gasteiger partial charge < -0.3 is 17.7 Å². The fourth-order valence-electron chi connectivity index (χ4n) is 0.932. The van der Waals surface area contributed by atoms with Crippen LogP contribution in [0.4, 0.5) is 12.9 Å². The SMILES string of the molecule is COc1ccnc(C[B-](F)(F)F)c1.[K+]. The van der Waals surface area contributed by atoms with Gasteiger partial charge >= 0.3 is 58.4 Å². The molecule has 14 heavy (non-hydrogen) atoms. The second-order valence-corrected chi connectivity index (χ2v) is 2.60. The van der Waals surface area contributed by atoms with Crippen LogP contribution in [0.1, 0.15) is 5.69 Å². The number of nitrogens with zero attached hydrogens (tertiary/aromatic N) is 1. The summed E-state index contributed by atoms with van der Waals surface area (Å²) < 4.78 is 40.6. The molecule has 0 fully saturated rings. The second kappa shape index (κ2) is 6.12. The summed E-state index contributed by atoms with van der Waals surface area (Å²) in [4.78, 5) is 3.59. The average Bonchev–Trinajstić information content (AvgIpc) is 2.01. The normalized spacial score (nSPS) is 10.6. The monoisotopic (exact) mass is 229 g/mol. The molecule has 0 atom stereocenters. The van der Waals surface area contributed by atoms with Crippen LogP contribution < -0.4 is 56.1 Å². The van der Waals surface area contributed by atoms with Crippen molar-refractivity contribution >= 4 is 6.98 Å². The third-order valence-electron chi connectivity index (χ3n) is 1.46. The van der Waals surface area contributed by atoms with E-state index in [-0.39, 0.29) is 57.1 Å². The molecule has 0 aliphatic carbocycles. The Balaban J connectivity index is 0.00000169. The third-order valence-corrected chi connectivity index (χ3v) is 1.46. The molecule has 0 radical (unpaired) electrons. The van der Waals surface area contributed by atoms with Gasteiger partial charge in [0.15, 0.2) is 0 Å². The molecule has 1 aromatic heterocycles. The fraction of sp³-hybridized carbons (Fsp3) is 0.286. The van der Waals surface area contributed by atoms with Crippen LogP contribution in [0.2, 0.25) is 0 Å². The summed E-state index contributed by atoms with van der Waals surface area (Å²) in [5.74, 6) is 0.394. The first-order valence-electron chi connectivity index (χ1n) is 3.71. The number of rotatable bonds is 3. The number of hydrogen-bond acceptors (Lipinski definition) is 2. The summed E-state index contributed by atoms with van der Waals surface area (Å²) >= 11 is 0.